The van der Waals surface area contributed by atoms with Crippen LogP contribution in [0, 0.1) is 0 Å². The molecule has 18 heavy (non-hydrogen) atoms. The smallest absolute Gasteiger partial charge is 0.265 e. The molecule has 6 heteroatoms. The molecule has 0 unspecified atom stereocenters. The van der Waals surface area contributed by atoms with Gasteiger partial charge in [0.15, 0.2) is 0 Å². The highest BCUT2D eigenvalue weighted by molar-refractivity contribution is 5.70. The topological polar surface area (TPSA) is 92.5 Å². The van der Waals surface area contributed by atoms with E-state index >= 15 is 0 Å². The van der Waals surface area contributed by atoms with E-state index in [1.165, 1.54) is 30.7 Å². The summed E-state index contributed by atoms with van der Waals surface area (Å²) < 4.78 is 9.92. The Kier molecular flexibility index (Phi) is 2.26. The van der Waals surface area contributed by atoms with Crippen molar-refractivity contribution >= 4 is 0 Å². The summed E-state index contributed by atoms with van der Waals surface area (Å²) in [5.74, 6) is 0.109. The van der Waals surface area contributed by atoms with Gasteiger partial charge in [0.1, 0.15) is 23.3 Å². The van der Waals surface area contributed by atoms with Crippen molar-refractivity contribution in [2.45, 2.75) is 0 Å². The molecule has 2 aromatic heterocycles. The molecule has 3 aromatic rings. The first kappa shape index (κ1) is 10.4. The van der Waals surface area contributed by atoms with E-state index in [1.807, 2.05) is 0 Å². The second-order valence-corrected chi connectivity index (χ2v) is 3.61. The Balaban J connectivity index is 2.09. The summed E-state index contributed by atoms with van der Waals surface area (Å²) in [6, 6.07) is 6.05. The SMILES string of the molecule is Oc1cccc(O)c1-c1nc(-c2ccoc2)no1. The molecule has 90 valence electrons. The van der Waals surface area contributed by atoms with Crippen LogP contribution in [0.5, 0.6) is 11.5 Å². The van der Waals surface area contributed by atoms with Gasteiger partial charge in [-0.05, 0) is 18.2 Å². The monoisotopic (exact) mass is 244 g/mol. The second kappa shape index (κ2) is 3.92. The number of furan rings is 1. The van der Waals surface area contributed by atoms with Crippen LogP contribution in [0.1, 0.15) is 0 Å². The molecule has 0 saturated heterocycles. The van der Waals surface area contributed by atoms with Crippen LogP contribution in [0.3, 0.4) is 0 Å². The number of hydrogen-bond donors (Lipinski definition) is 2. The van der Waals surface area contributed by atoms with Crippen LogP contribution in [-0.4, -0.2) is 20.4 Å². The number of aromatic nitrogens is 2. The first-order valence-corrected chi connectivity index (χ1v) is 5.13. The molecule has 0 fully saturated rings. The van der Waals surface area contributed by atoms with E-state index in [1.54, 1.807) is 6.07 Å². The van der Waals surface area contributed by atoms with Crippen LogP contribution in [0.2, 0.25) is 0 Å². The van der Waals surface area contributed by atoms with E-state index in [0.29, 0.717) is 11.4 Å². The van der Waals surface area contributed by atoms with Crippen molar-refractivity contribution in [1.82, 2.24) is 10.1 Å². The zero-order chi connectivity index (χ0) is 12.5. The highest BCUT2D eigenvalue weighted by Crippen LogP contribution is 2.36. The molecule has 1 aromatic carbocycles. The number of aromatic hydroxyl groups is 2. The Morgan fingerprint density at radius 2 is 1.83 bits per heavy atom. The first-order chi connectivity index (χ1) is 8.75. The van der Waals surface area contributed by atoms with Crippen molar-refractivity contribution in [2.24, 2.45) is 0 Å². The molecule has 0 radical (unpaired) electrons. The number of rotatable bonds is 2. The van der Waals surface area contributed by atoms with Crippen LogP contribution >= 0.6 is 0 Å². The van der Waals surface area contributed by atoms with E-state index in [9.17, 15) is 10.2 Å². The largest absolute Gasteiger partial charge is 0.507 e. The van der Waals surface area contributed by atoms with Gasteiger partial charge in [0.25, 0.3) is 5.89 Å². The minimum atomic E-state index is -0.127. The third-order valence-electron chi connectivity index (χ3n) is 2.44. The molecule has 0 spiro atoms. The van der Waals surface area contributed by atoms with Gasteiger partial charge in [0.05, 0.1) is 11.8 Å². The van der Waals surface area contributed by atoms with Gasteiger partial charge >= 0.3 is 0 Å². The zero-order valence-corrected chi connectivity index (χ0v) is 9.07. The lowest BCUT2D eigenvalue weighted by atomic mass is 10.2. The molecule has 0 aliphatic heterocycles. The van der Waals surface area contributed by atoms with Gasteiger partial charge < -0.3 is 19.2 Å². The number of hydrogen-bond acceptors (Lipinski definition) is 6. The molecule has 3 rings (SSSR count). The first-order valence-electron chi connectivity index (χ1n) is 5.13. The Bertz CT molecular complexity index is 653. The zero-order valence-electron chi connectivity index (χ0n) is 9.07. The summed E-state index contributed by atoms with van der Waals surface area (Å²) in [7, 11) is 0. The van der Waals surface area contributed by atoms with Gasteiger partial charge in [-0.2, -0.15) is 4.98 Å². The maximum atomic E-state index is 9.68. The molecule has 0 bridgehead atoms. The predicted molar refractivity (Wildman–Crippen MR) is 60.8 cm³/mol. The lowest BCUT2D eigenvalue weighted by molar-refractivity contribution is 0.416. The predicted octanol–water partition coefficient (Wildman–Crippen LogP) is 2.41. The summed E-state index contributed by atoms with van der Waals surface area (Å²) in [5, 5.41) is 23.1. The number of phenolic OH excluding ortho intramolecular Hbond substituents is 2. The van der Waals surface area contributed by atoms with Gasteiger partial charge in [0, 0.05) is 0 Å². The van der Waals surface area contributed by atoms with Crippen molar-refractivity contribution in [3.63, 3.8) is 0 Å². The van der Waals surface area contributed by atoms with Crippen molar-refractivity contribution in [3.05, 3.63) is 36.8 Å². The fourth-order valence-electron chi connectivity index (χ4n) is 1.58. The van der Waals surface area contributed by atoms with E-state index in [0.717, 1.165) is 0 Å². The van der Waals surface area contributed by atoms with Crippen LogP contribution in [0.25, 0.3) is 22.8 Å². The molecule has 2 N–H and O–H groups in total. The van der Waals surface area contributed by atoms with Gasteiger partial charge in [-0.3, -0.25) is 0 Å². The molecular weight excluding hydrogens is 236 g/mol. The molecule has 0 saturated carbocycles. The van der Waals surface area contributed by atoms with Crippen LogP contribution in [0.4, 0.5) is 0 Å². The molecule has 0 atom stereocenters. The maximum Gasteiger partial charge on any atom is 0.265 e. The molecule has 0 aliphatic carbocycles. The highest BCUT2D eigenvalue weighted by Gasteiger charge is 2.17. The number of phenols is 2. The van der Waals surface area contributed by atoms with Gasteiger partial charge in [-0.15, -0.1) is 0 Å². The minimum absolute atomic E-state index is 0.0433. The maximum absolute atomic E-state index is 9.68. The van der Waals surface area contributed by atoms with Crippen molar-refractivity contribution < 1.29 is 19.2 Å². The van der Waals surface area contributed by atoms with Crippen molar-refractivity contribution in [1.29, 1.82) is 0 Å². The summed E-state index contributed by atoms with van der Waals surface area (Å²) in [6.07, 6.45) is 2.96. The lowest BCUT2D eigenvalue weighted by Crippen LogP contribution is -1.81. The van der Waals surface area contributed by atoms with Gasteiger partial charge in [-0.25, -0.2) is 0 Å². The average Bonchev–Trinajstić information content (AvgIpc) is 2.99. The van der Waals surface area contributed by atoms with Crippen molar-refractivity contribution in [2.75, 3.05) is 0 Å². The van der Waals surface area contributed by atoms with Gasteiger partial charge in [0.2, 0.25) is 5.82 Å². The molecular formula is C12H8N2O4. The van der Waals surface area contributed by atoms with E-state index in [-0.39, 0.29) is 23.0 Å². The minimum Gasteiger partial charge on any atom is -0.507 e. The van der Waals surface area contributed by atoms with Crippen LogP contribution in [-0.2, 0) is 0 Å². The molecule has 0 aliphatic rings. The summed E-state index contributed by atoms with van der Waals surface area (Å²) in [4.78, 5) is 4.09. The van der Waals surface area contributed by atoms with E-state index in [4.69, 9.17) is 8.94 Å². The summed E-state index contributed by atoms with van der Waals surface area (Å²) in [5.41, 5.74) is 0.764. The highest BCUT2D eigenvalue weighted by atomic mass is 16.5. The van der Waals surface area contributed by atoms with Gasteiger partial charge in [-0.1, -0.05) is 11.2 Å². The standard InChI is InChI=1S/C12H8N2O4/c15-8-2-1-3-9(16)10(8)12-13-11(14-18-12)7-4-5-17-6-7/h1-6,15-16H. The number of nitrogens with zero attached hydrogens (tertiary/aromatic N) is 2. The van der Waals surface area contributed by atoms with E-state index in [2.05, 4.69) is 10.1 Å². The third kappa shape index (κ3) is 1.60. The Hall–Kier alpha value is -2.76. The lowest BCUT2D eigenvalue weighted by Gasteiger charge is -2.00. The summed E-state index contributed by atoms with van der Waals surface area (Å²) in [6.45, 7) is 0. The van der Waals surface area contributed by atoms with E-state index < -0.39 is 0 Å². The molecule has 0 amide bonds. The van der Waals surface area contributed by atoms with Crippen LogP contribution < -0.4 is 0 Å². The Labute approximate surface area is 101 Å². The fraction of sp³-hybridized carbons (Fsp3) is 0. The second-order valence-electron chi connectivity index (χ2n) is 3.61. The van der Waals surface area contributed by atoms with Crippen LogP contribution in [0.15, 0.2) is 45.7 Å². The van der Waals surface area contributed by atoms with Crippen molar-refractivity contribution in [3.8, 4) is 34.3 Å². The fourth-order valence-corrected chi connectivity index (χ4v) is 1.58. The Morgan fingerprint density at radius 1 is 1.06 bits per heavy atom. The Morgan fingerprint density at radius 3 is 2.50 bits per heavy atom. The third-order valence-corrected chi connectivity index (χ3v) is 2.44. The number of benzene rings is 1. The normalized spacial score (nSPS) is 10.7. The average molecular weight is 244 g/mol. The summed E-state index contributed by atoms with van der Waals surface area (Å²) >= 11 is 0. The quantitative estimate of drug-likeness (QED) is 0.719. The molecule has 6 nitrogen and oxygen atoms in total. The molecule has 2 heterocycles.